The lowest BCUT2D eigenvalue weighted by Crippen LogP contribution is -2.12. The Balaban J connectivity index is 1.58. The van der Waals surface area contributed by atoms with Crippen LogP contribution in [-0.2, 0) is 11.3 Å². The maximum Gasteiger partial charge on any atom is 0.404 e. The van der Waals surface area contributed by atoms with Gasteiger partial charge in [-0.15, -0.1) is 0 Å². The summed E-state index contributed by atoms with van der Waals surface area (Å²) >= 11 is 0. The van der Waals surface area contributed by atoms with Gasteiger partial charge < -0.3 is 19.7 Å². The van der Waals surface area contributed by atoms with Crippen LogP contribution in [-0.4, -0.2) is 17.9 Å². The zero-order chi connectivity index (χ0) is 16.8. The Morgan fingerprint density at radius 3 is 2.75 bits per heavy atom. The Hall–Kier alpha value is -3.02. The summed E-state index contributed by atoms with van der Waals surface area (Å²) in [5, 5.41) is 3.95. The van der Waals surface area contributed by atoms with Crippen LogP contribution >= 0.6 is 0 Å². The predicted molar refractivity (Wildman–Crippen MR) is 88.3 cm³/mol. The Morgan fingerprint density at radius 1 is 1.21 bits per heavy atom. The van der Waals surface area contributed by atoms with Crippen LogP contribution in [0.1, 0.15) is 18.6 Å². The summed E-state index contributed by atoms with van der Waals surface area (Å²) in [6.07, 6.45) is 7.77. The molecule has 2 aromatic rings. The third-order valence-corrected chi connectivity index (χ3v) is 3.54. The molecule has 0 unspecified atom stereocenters. The molecule has 1 aliphatic rings. The Labute approximate surface area is 139 Å². The molecule has 24 heavy (non-hydrogen) atoms. The number of rotatable bonds is 6. The SMILES string of the molecule is NC(=O)OCc1cc(-c2ccc(OCC3=CCCC=C3)cc2)no1. The van der Waals surface area contributed by atoms with Crippen molar-refractivity contribution in [3.63, 3.8) is 0 Å². The van der Waals surface area contributed by atoms with E-state index in [-0.39, 0.29) is 6.61 Å². The molecule has 1 heterocycles. The number of amides is 1. The van der Waals surface area contributed by atoms with Crippen LogP contribution in [0.25, 0.3) is 11.3 Å². The lowest BCUT2D eigenvalue weighted by molar-refractivity contribution is 0.137. The van der Waals surface area contributed by atoms with Crippen LogP contribution in [0.15, 0.2) is 58.7 Å². The molecule has 0 atom stereocenters. The van der Waals surface area contributed by atoms with Crippen molar-refractivity contribution in [3.8, 4) is 17.0 Å². The second kappa shape index (κ2) is 7.50. The normalized spacial score (nSPS) is 13.4. The van der Waals surface area contributed by atoms with Crippen molar-refractivity contribution in [1.82, 2.24) is 5.16 Å². The van der Waals surface area contributed by atoms with Crippen LogP contribution in [0.3, 0.4) is 0 Å². The molecule has 124 valence electrons. The highest BCUT2D eigenvalue weighted by molar-refractivity contribution is 5.64. The van der Waals surface area contributed by atoms with Crippen molar-refractivity contribution in [2.45, 2.75) is 19.4 Å². The molecule has 2 N–H and O–H groups in total. The van der Waals surface area contributed by atoms with E-state index in [4.69, 9.17) is 15.0 Å². The van der Waals surface area contributed by atoms with Gasteiger partial charge in [0.1, 0.15) is 18.1 Å². The molecule has 0 radical (unpaired) electrons. The van der Waals surface area contributed by atoms with Crippen molar-refractivity contribution in [3.05, 3.63) is 59.9 Å². The fraction of sp³-hybridized carbons (Fsp3) is 0.222. The zero-order valence-corrected chi connectivity index (χ0v) is 13.1. The smallest absolute Gasteiger partial charge is 0.404 e. The van der Waals surface area contributed by atoms with E-state index < -0.39 is 6.09 Å². The van der Waals surface area contributed by atoms with Crippen molar-refractivity contribution in [2.75, 3.05) is 6.61 Å². The van der Waals surface area contributed by atoms with Crippen molar-refractivity contribution < 1.29 is 18.8 Å². The van der Waals surface area contributed by atoms with E-state index in [1.807, 2.05) is 24.3 Å². The van der Waals surface area contributed by atoms with E-state index in [2.05, 4.69) is 28.1 Å². The van der Waals surface area contributed by atoms with Crippen LogP contribution in [0, 0.1) is 0 Å². The monoisotopic (exact) mass is 326 g/mol. The molecular weight excluding hydrogens is 308 g/mol. The molecule has 0 bridgehead atoms. The summed E-state index contributed by atoms with van der Waals surface area (Å²) in [5.74, 6) is 1.22. The summed E-state index contributed by atoms with van der Waals surface area (Å²) in [6, 6.07) is 9.28. The fourth-order valence-corrected chi connectivity index (χ4v) is 2.32. The van der Waals surface area contributed by atoms with Gasteiger partial charge in [0.2, 0.25) is 0 Å². The molecule has 3 rings (SSSR count). The van der Waals surface area contributed by atoms with Crippen molar-refractivity contribution >= 4 is 6.09 Å². The number of carbonyl (C=O) groups is 1. The molecule has 0 spiro atoms. The average molecular weight is 326 g/mol. The lowest BCUT2D eigenvalue weighted by Gasteiger charge is -2.09. The van der Waals surface area contributed by atoms with Gasteiger partial charge in [-0.2, -0.15) is 0 Å². The van der Waals surface area contributed by atoms with Crippen LogP contribution in [0.4, 0.5) is 4.79 Å². The van der Waals surface area contributed by atoms with Crippen LogP contribution in [0.2, 0.25) is 0 Å². The number of nitrogens with two attached hydrogens (primary N) is 1. The van der Waals surface area contributed by atoms with Gasteiger partial charge in [0.15, 0.2) is 12.4 Å². The first-order chi connectivity index (χ1) is 11.7. The topological polar surface area (TPSA) is 87.6 Å². The lowest BCUT2D eigenvalue weighted by atomic mass is 10.1. The third-order valence-electron chi connectivity index (χ3n) is 3.54. The molecule has 1 aromatic carbocycles. The maximum absolute atomic E-state index is 10.6. The fourth-order valence-electron chi connectivity index (χ4n) is 2.32. The Bertz CT molecular complexity index is 760. The van der Waals surface area contributed by atoms with Gasteiger partial charge in [0.25, 0.3) is 0 Å². The third kappa shape index (κ3) is 4.25. The first kappa shape index (κ1) is 15.9. The number of aromatic nitrogens is 1. The molecular formula is C18H18N2O4. The van der Waals surface area contributed by atoms with Gasteiger partial charge in [0.05, 0.1) is 0 Å². The van der Waals surface area contributed by atoms with Crippen molar-refractivity contribution in [2.24, 2.45) is 5.73 Å². The zero-order valence-electron chi connectivity index (χ0n) is 13.1. The van der Waals surface area contributed by atoms with E-state index in [1.54, 1.807) is 6.07 Å². The summed E-state index contributed by atoms with van der Waals surface area (Å²) in [7, 11) is 0. The summed E-state index contributed by atoms with van der Waals surface area (Å²) in [5.41, 5.74) is 7.64. The molecule has 6 nitrogen and oxygen atoms in total. The molecule has 0 fully saturated rings. The minimum absolute atomic E-state index is 0.0356. The van der Waals surface area contributed by atoms with Crippen LogP contribution < -0.4 is 10.5 Å². The number of primary amides is 1. The number of carbonyl (C=O) groups excluding carboxylic acids is 1. The highest BCUT2D eigenvalue weighted by atomic mass is 16.6. The first-order valence-electron chi connectivity index (χ1n) is 7.67. The molecule has 1 amide bonds. The maximum atomic E-state index is 10.6. The number of ether oxygens (including phenoxy) is 2. The number of allylic oxidation sites excluding steroid dienone is 2. The molecule has 6 heteroatoms. The van der Waals surface area contributed by atoms with Crippen LogP contribution in [0.5, 0.6) is 5.75 Å². The average Bonchev–Trinajstić information content (AvgIpc) is 3.08. The molecule has 0 saturated carbocycles. The molecule has 1 aliphatic carbocycles. The van der Waals surface area contributed by atoms with E-state index in [1.165, 1.54) is 5.57 Å². The summed E-state index contributed by atoms with van der Waals surface area (Å²) in [6.45, 7) is 0.528. The number of benzene rings is 1. The van der Waals surface area contributed by atoms with E-state index in [0.29, 0.717) is 18.1 Å². The van der Waals surface area contributed by atoms with Gasteiger partial charge in [-0.1, -0.05) is 23.4 Å². The summed E-state index contributed by atoms with van der Waals surface area (Å²) in [4.78, 5) is 10.6. The van der Waals surface area contributed by atoms with E-state index >= 15 is 0 Å². The number of hydrogen-bond acceptors (Lipinski definition) is 5. The minimum Gasteiger partial charge on any atom is -0.489 e. The second-order valence-corrected chi connectivity index (χ2v) is 5.36. The first-order valence-corrected chi connectivity index (χ1v) is 7.67. The quantitative estimate of drug-likeness (QED) is 0.876. The summed E-state index contributed by atoms with van der Waals surface area (Å²) < 4.78 is 15.5. The second-order valence-electron chi connectivity index (χ2n) is 5.36. The highest BCUT2D eigenvalue weighted by Crippen LogP contribution is 2.23. The van der Waals surface area contributed by atoms with Gasteiger partial charge >= 0.3 is 6.09 Å². The van der Waals surface area contributed by atoms with Gasteiger partial charge in [-0.05, 0) is 42.7 Å². The van der Waals surface area contributed by atoms with Gasteiger partial charge in [-0.25, -0.2) is 4.79 Å². The number of hydrogen-bond donors (Lipinski definition) is 1. The largest absolute Gasteiger partial charge is 0.489 e. The van der Waals surface area contributed by atoms with E-state index in [0.717, 1.165) is 24.2 Å². The van der Waals surface area contributed by atoms with E-state index in [9.17, 15) is 4.79 Å². The minimum atomic E-state index is -0.850. The predicted octanol–water partition coefficient (Wildman–Crippen LogP) is 3.59. The van der Waals surface area contributed by atoms with Crippen molar-refractivity contribution in [1.29, 1.82) is 0 Å². The molecule has 1 aromatic heterocycles. The standard InChI is InChI=1S/C18H18N2O4/c19-18(21)23-12-16-10-17(20-24-16)14-6-8-15(9-7-14)22-11-13-4-2-1-3-5-13/h2,4-10H,1,3,11-12H2,(H2,19,21). The number of nitrogens with zero attached hydrogens (tertiary/aromatic N) is 1. The molecule has 0 saturated heterocycles. The Kier molecular flexibility index (Phi) is 4.96. The molecule has 0 aliphatic heterocycles. The Morgan fingerprint density at radius 2 is 2.04 bits per heavy atom. The van der Waals surface area contributed by atoms with Gasteiger partial charge in [-0.3, -0.25) is 0 Å². The van der Waals surface area contributed by atoms with Gasteiger partial charge in [0, 0.05) is 11.6 Å². The highest BCUT2D eigenvalue weighted by Gasteiger charge is 2.08.